The summed E-state index contributed by atoms with van der Waals surface area (Å²) in [6.07, 6.45) is 3.15. The van der Waals surface area contributed by atoms with Crippen LogP contribution in [-0.2, 0) is 4.74 Å². The summed E-state index contributed by atoms with van der Waals surface area (Å²) >= 11 is 5.92. The van der Waals surface area contributed by atoms with E-state index in [4.69, 9.17) is 21.1 Å². The molecular formula is C12H14ClNO4. The van der Waals surface area contributed by atoms with E-state index < -0.39 is 4.92 Å². The molecule has 1 aliphatic heterocycles. The number of nitro benzene ring substituents is 1. The summed E-state index contributed by atoms with van der Waals surface area (Å²) in [5.74, 6) is 0.351. The Kier molecular flexibility index (Phi) is 4.38. The van der Waals surface area contributed by atoms with Crippen LogP contribution < -0.4 is 4.74 Å². The first-order valence-electron chi connectivity index (χ1n) is 5.85. The summed E-state index contributed by atoms with van der Waals surface area (Å²) in [6, 6.07) is 4.17. The topological polar surface area (TPSA) is 61.6 Å². The second kappa shape index (κ2) is 6.02. The van der Waals surface area contributed by atoms with E-state index in [0.29, 0.717) is 17.4 Å². The van der Waals surface area contributed by atoms with Gasteiger partial charge in [-0.2, -0.15) is 0 Å². The minimum atomic E-state index is -0.469. The Morgan fingerprint density at radius 1 is 1.56 bits per heavy atom. The number of hydrogen-bond acceptors (Lipinski definition) is 4. The molecule has 6 heteroatoms. The zero-order chi connectivity index (χ0) is 13.0. The predicted octanol–water partition coefficient (Wildman–Crippen LogP) is 3.20. The molecule has 1 aromatic carbocycles. The summed E-state index contributed by atoms with van der Waals surface area (Å²) in [4.78, 5) is 10.2. The Labute approximate surface area is 110 Å². The van der Waals surface area contributed by atoms with Crippen molar-refractivity contribution < 1.29 is 14.4 Å². The molecule has 1 aliphatic rings. The van der Waals surface area contributed by atoms with Crippen LogP contribution in [0.5, 0.6) is 5.75 Å². The molecule has 1 atom stereocenters. The standard InChI is InChI=1S/C12H14ClNO4/c13-11-4-3-9(14(15)16)8-12(11)18-7-5-10-2-1-6-17-10/h3-4,8,10H,1-2,5-7H2. The van der Waals surface area contributed by atoms with Crippen LogP contribution in [0.25, 0.3) is 0 Å². The van der Waals surface area contributed by atoms with Gasteiger partial charge < -0.3 is 9.47 Å². The molecule has 18 heavy (non-hydrogen) atoms. The van der Waals surface area contributed by atoms with Gasteiger partial charge in [0.2, 0.25) is 0 Å². The molecule has 0 amide bonds. The van der Waals surface area contributed by atoms with Crippen molar-refractivity contribution in [2.75, 3.05) is 13.2 Å². The number of hydrogen-bond donors (Lipinski definition) is 0. The van der Waals surface area contributed by atoms with Crippen molar-refractivity contribution in [3.63, 3.8) is 0 Å². The van der Waals surface area contributed by atoms with Gasteiger partial charge in [-0.05, 0) is 18.9 Å². The fourth-order valence-electron chi connectivity index (χ4n) is 1.89. The van der Waals surface area contributed by atoms with E-state index in [9.17, 15) is 10.1 Å². The van der Waals surface area contributed by atoms with Crippen LogP contribution in [0.4, 0.5) is 5.69 Å². The van der Waals surface area contributed by atoms with Crippen molar-refractivity contribution >= 4 is 17.3 Å². The molecule has 0 spiro atoms. The highest BCUT2D eigenvalue weighted by Gasteiger charge is 2.16. The van der Waals surface area contributed by atoms with Gasteiger partial charge in [0.15, 0.2) is 0 Å². The third-order valence-electron chi connectivity index (χ3n) is 2.85. The largest absolute Gasteiger partial charge is 0.492 e. The van der Waals surface area contributed by atoms with Crippen molar-refractivity contribution in [1.29, 1.82) is 0 Å². The highest BCUT2D eigenvalue weighted by Crippen LogP contribution is 2.29. The van der Waals surface area contributed by atoms with Gasteiger partial charge in [0.25, 0.3) is 5.69 Å². The Hall–Kier alpha value is -1.33. The Morgan fingerprint density at radius 2 is 2.39 bits per heavy atom. The Bertz CT molecular complexity index is 432. The molecule has 1 saturated heterocycles. The second-order valence-electron chi connectivity index (χ2n) is 4.14. The van der Waals surface area contributed by atoms with E-state index in [1.54, 1.807) is 0 Å². The normalized spacial score (nSPS) is 18.8. The highest BCUT2D eigenvalue weighted by atomic mass is 35.5. The van der Waals surface area contributed by atoms with Crippen molar-refractivity contribution in [1.82, 2.24) is 0 Å². The zero-order valence-corrected chi connectivity index (χ0v) is 10.6. The maximum absolute atomic E-state index is 10.6. The van der Waals surface area contributed by atoms with Gasteiger partial charge in [-0.25, -0.2) is 0 Å². The molecule has 98 valence electrons. The van der Waals surface area contributed by atoms with Crippen LogP contribution >= 0.6 is 11.6 Å². The molecule has 2 rings (SSSR count). The molecule has 0 aromatic heterocycles. The summed E-state index contributed by atoms with van der Waals surface area (Å²) in [6.45, 7) is 1.26. The fourth-order valence-corrected chi connectivity index (χ4v) is 2.06. The smallest absolute Gasteiger partial charge is 0.273 e. The third-order valence-corrected chi connectivity index (χ3v) is 3.16. The summed E-state index contributed by atoms with van der Waals surface area (Å²) in [5, 5.41) is 11.0. The zero-order valence-electron chi connectivity index (χ0n) is 9.80. The SMILES string of the molecule is O=[N+]([O-])c1ccc(Cl)c(OCCC2CCCO2)c1. The van der Waals surface area contributed by atoms with E-state index in [1.807, 2.05) is 0 Å². The first-order chi connectivity index (χ1) is 8.66. The lowest BCUT2D eigenvalue weighted by molar-refractivity contribution is -0.384. The lowest BCUT2D eigenvalue weighted by Gasteiger charge is -2.11. The third kappa shape index (κ3) is 3.34. The van der Waals surface area contributed by atoms with Crippen LogP contribution in [0.1, 0.15) is 19.3 Å². The van der Waals surface area contributed by atoms with E-state index in [2.05, 4.69) is 0 Å². The fraction of sp³-hybridized carbons (Fsp3) is 0.500. The number of halogens is 1. The molecule has 5 nitrogen and oxygen atoms in total. The predicted molar refractivity (Wildman–Crippen MR) is 67.2 cm³/mol. The number of nitrogens with zero attached hydrogens (tertiary/aromatic N) is 1. The van der Waals surface area contributed by atoms with Crippen LogP contribution in [0.3, 0.4) is 0 Å². The lowest BCUT2D eigenvalue weighted by Crippen LogP contribution is -2.10. The van der Waals surface area contributed by atoms with Gasteiger partial charge in [-0.3, -0.25) is 10.1 Å². The van der Waals surface area contributed by atoms with Gasteiger partial charge in [-0.1, -0.05) is 11.6 Å². The second-order valence-corrected chi connectivity index (χ2v) is 4.55. The van der Waals surface area contributed by atoms with E-state index in [0.717, 1.165) is 25.9 Å². The monoisotopic (exact) mass is 271 g/mol. The summed E-state index contributed by atoms with van der Waals surface area (Å²) in [5.41, 5.74) is -0.0217. The average Bonchev–Trinajstić information content (AvgIpc) is 2.84. The minimum Gasteiger partial charge on any atom is -0.492 e. The van der Waals surface area contributed by atoms with E-state index >= 15 is 0 Å². The molecule has 0 aliphatic carbocycles. The van der Waals surface area contributed by atoms with Gasteiger partial charge >= 0.3 is 0 Å². The molecule has 0 N–H and O–H groups in total. The number of benzene rings is 1. The molecule has 0 bridgehead atoms. The summed E-state index contributed by atoms with van der Waals surface area (Å²) in [7, 11) is 0. The molecule has 0 radical (unpaired) electrons. The average molecular weight is 272 g/mol. The van der Waals surface area contributed by atoms with Crippen LogP contribution in [0, 0.1) is 10.1 Å². The van der Waals surface area contributed by atoms with Crippen LogP contribution in [-0.4, -0.2) is 24.2 Å². The van der Waals surface area contributed by atoms with Crippen molar-refractivity contribution in [3.05, 3.63) is 33.3 Å². The minimum absolute atomic E-state index is 0.0217. The van der Waals surface area contributed by atoms with Gasteiger partial charge in [0.1, 0.15) is 5.75 Å². The van der Waals surface area contributed by atoms with Crippen molar-refractivity contribution in [2.45, 2.75) is 25.4 Å². The molecule has 1 fully saturated rings. The maximum Gasteiger partial charge on any atom is 0.273 e. The van der Waals surface area contributed by atoms with Crippen molar-refractivity contribution in [3.8, 4) is 5.75 Å². The van der Waals surface area contributed by atoms with Crippen LogP contribution in [0.2, 0.25) is 5.02 Å². The van der Waals surface area contributed by atoms with Crippen LogP contribution in [0.15, 0.2) is 18.2 Å². The first-order valence-corrected chi connectivity index (χ1v) is 6.23. The van der Waals surface area contributed by atoms with E-state index in [-0.39, 0.29) is 11.8 Å². The van der Waals surface area contributed by atoms with Gasteiger partial charge in [0, 0.05) is 19.1 Å². The quantitative estimate of drug-likeness (QED) is 0.609. The van der Waals surface area contributed by atoms with Gasteiger partial charge in [-0.15, -0.1) is 0 Å². The Balaban J connectivity index is 1.91. The molecule has 1 heterocycles. The molecule has 1 aromatic rings. The number of non-ortho nitro benzene ring substituents is 1. The Morgan fingerprint density at radius 3 is 3.06 bits per heavy atom. The van der Waals surface area contributed by atoms with Gasteiger partial charge in [0.05, 0.1) is 28.7 Å². The number of ether oxygens (including phenoxy) is 2. The molecule has 1 unspecified atom stereocenters. The summed E-state index contributed by atoms with van der Waals surface area (Å²) < 4.78 is 10.9. The number of rotatable bonds is 5. The molecule has 0 saturated carbocycles. The lowest BCUT2D eigenvalue weighted by atomic mass is 10.2. The molecular weight excluding hydrogens is 258 g/mol. The maximum atomic E-state index is 10.6. The van der Waals surface area contributed by atoms with E-state index in [1.165, 1.54) is 18.2 Å². The van der Waals surface area contributed by atoms with Crippen molar-refractivity contribution in [2.24, 2.45) is 0 Å². The highest BCUT2D eigenvalue weighted by molar-refractivity contribution is 6.32. The number of nitro groups is 1. The first kappa shape index (κ1) is 13.1.